The van der Waals surface area contributed by atoms with Crippen LogP contribution < -0.4 is 10.2 Å². The van der Waals surface area contributed by atoms with Gasteiger partial charge in [0.05, 0.1) is 16.3 Å². The number of nitrogens with one attached hydrogen (secondary N) is 1. The zero-order valence-electron chi connectivity index (χ0n) is 16.3. The number of anilines is 3. The average Bonchev–Trinajstić information content (AvgIpc) is 3.23. The van der Waals surface area contributed by atoms with Gasteiger partial charge in [-0.1, -0.05) is 30.3 Å². The summed E-state index contributed by atoms with van der Waals surface area (Å²) < 4.78 is 1.37. The first-order valence-corrected chi connectivity index (χ1v) is 9.38. The van der Waals surface area contributed by atoms with E-state index in [2.05, 4.69) is 27.4 Å². The van der Waals surface area contributed by atoms with Gasteiger partial charge in [-0.25, -0.2) is 0 Å². The summed E-state index contributed by atoms with van der Waals surface area (Å²) in [7, 11) is 0. The number of aryl methyl sites for hydroxylation is 1. The Kier molecular flexibility index (Phi) is 4.75. The summed E-state index contributed by atoms with van der Waals surface area (Å²) in [6.45, 7) is 3.92. The number of fused-ring (bicyclic) bond motifs is 1. The third kappa shape index (κ3) is 3.44. The number of aromatic nitrogens is 2. The quantitative estimate of drug-likeness (QED) is 0.528. The lowest BCUT2D eigenvalue weighted by Gasteiger charge is -2.23. The van der Waals surface area contributed by atoms with Gasteiger partial charge in [0.15, 0.2) is 0 Å². The Morgan fingerprint density at radius 3 is 2.55 bits per heavy atom. The Morgan fingerprint density at radius 1 is 1.14 bits per heavy atom. The number of nitro groups is 1. The van der Waals surface area contributed by atoms with Crippen molar-refractivity contribution < 1.29 is 9.72 Å². The van der Waals surface area contributed by atoms with E-state index in [-0.39, 0.29) is 18.1 Å². The molecule has 2 aromatic carbocycles. The molecule has 1 aliphatic heterocycles. The summed E-state index contributed by atoms with van der Waals surface area (Å²) in [5, 5.41) is 18.3. The van der Waals surface area contributed by atoms with Gasteiger partial charge in [0.25, 0.3) is 0 Å². The molecule has 8 nitrogen and oxygen atoms in total. The standard InChI is InChI=1S/C21H21N5O3/c1-14-21(26(28)29)15(2)25(23-14)13-20(27)22-17-8-4-6-10-19(17)24-12-11-16-7-3-5-9-18(16)24/h3-10H,11-13H2,1-2H3,(H,22,27). The maximum absolute atomic E-state index is 12.7. The monoisotopic (exact) mass is 391 g/mol. The Morgan fingerprint density at radius 2 is 1.83 bits per heavy atom. The number of benzene rings is 2. The molecule has 0 radical (unpaired) electrons. The molecule has 0 atom stereocenters. The molecule has 0 bridgehead atoms. The van der Waals surface area contributed by atoms with Crippen molar-refractivity contribution in [2.45, 2.75) is 26.8 Å². The van der Waals surface area contributed by atoms with Gasteiger partial charge >= 0.3 is 5.69 Å². The third-order valence-electron chi connectivity index (χ3n) is 5.18. The highest BCUT2D eigenvalue weighted by molar-refractivity contribution is 5.95. The zero-order valence-corrected chi connectivity index (χ0v) is 16.3. The van der Waals surface area contributed by atoms with Gasteiger partial charge in [-0.3, -0.25) is 19.6 Å². The molecular formula is C21H21N5O3. The molecule has 0 saturated heterocycles. The lowest BCUT2D eigenvalue weighted by Crippen LogP contribution is -2.22. The fraction of sp³-hybridized carbons (Fsp3) is 0.238. The molecule has 1 N–H and O–H groups in total. The summed E-state index contributed by atoms with van der Waals surface area (Å²) in [6, 6.07) is 15.9. The van der Waals surface area contributed by atoms with Crippen LogP contribution in [0.4, 0.5) is 22.7 Å². The van der Waals surface area contributed by atoms with Gasteiger partial charge in [0.1, 0.15) is 17.9 Å². The minimum atomic E-state index is -0.466. The molecule has 3 aromatic rings. The van der Waals surface area contributed by atoms with Crippen molar-refractivity contribution in [1.82, 2.24) is 9.78 Å². The van der Waals surface area contributed by atoms with Crippen molar-refractivity contribution in [3.05, 3.63) is 75.6 Å². The molecular weight excluding hydrogens is 370 g/mol. The molecule has 2 heterocycles. The van der Waals surface area contributed by atoms with Gasteiger partial charge in [-0.2, -0.15) is 5.10 Å². The summed E-state index contributed by atoms with van der Waals surface area (Å²) in [5.41, 5.74) is 4.66. The maximum Gasteiger partial charge on any atom is 0.312 e. The smallest absolute Gasteiger partial charge is 0.312 e. The van der Waals surface area contributed by atoms with Crippen LogP contribution in [0, 0.1) is 24.0 Å². The first-order valence-electron chi connectivity index (χ1n) is 9.38. The van der Waals surface area contributed by atoms with E-state index in [0.717, 1.165) is 24.3 Å². The average molecular weight is 391 g/mol. The molecule has 8 heteroatoms. The first kappa shape index (κ1) is 18.7. The van der Waals surface area contributed by atoms with Crippen LogP contribution >= 0.6 is 0 Å². The van der Waals surface area contributed by atoms with Crippen molar-refractivity contribution in [2.75, 3.05) is 16.8 Å². The molecule has 1 aliphatic rings. The summed E-state index contributed by atoms with van der Waals surface area (Å²) in [5.74, 6) is -0.287. The summed E-state index contributed by atoms with van der Waals surface area (Å²) in [4.78, 5) is 25.6. The Balaban J connectivity index is 1.57. The van der Waals surface area contributed by atoms with Crippen LogP contribution in [-0.4, -0.2) is 27.2 Å². The van der Waals surface area contributed by atoms with E-state index in [1.54, 1.807) is 13.8 Å². The second-order valence-electron chi connectivity index (χ2n) is 7.03. The number of carbonyl (C=O) groups is 1. The summed E-state index contributed by atoms with van der Waals surface area (Å²) >= 11 is 0. The molecule has 29 heavy (non-hydrogen) atoms. The molecule has 0 unspecified atom stereocenters. The van der Waals surface area contributed by atoms with Gasteiger partial charge in [-0.05, 0) is 44.0 Å². The number of carbonyl (C=O) groups excluding carboxylic acids is 1. The highest BCUT2D eigenvalue weighted by atomic mass is 16.6. The Hall–Kier alpha value is -3.68. The highest BCUT2D eigenvalue weighted by Gasteiger charge is 2.24. The number of rotatable bonds is 5. The second-order valence-corrected chi connectivity index (χ2v) is 7.03. The van der Waals surface area contributed by atoms with E-state index in [1.807, 2.05) is 36.4 Å². The van der Waals surface area contributed by atoms with Crippen molar-refractivity contribution in [3.8, 4) is 0 Å². The van der Waals surface area contributed by atoms with E-state index in [1.165, 1.54) is 10.2 Å². The largest absolute Gasteiger partial charge is 0.339 e. The third-order valence-corrected chi connectivity index (χ3v) is 5.18. The van der Waals surface area contributed by atoms with Crippen LogP contribution in [0.25, 0.3) is 0 Å². The van der Waals surface area contributed by atoms with E-state index in [0.29, 0.717) is 17.1 Å². The minimum absolute atomic E-state index is 0.0492. The van der Waals surface area contributed by atoms with Crippen molar-refractivity contribution in [3.63, 3.8) is 0 Å². The van der Waals surface area contributed by atoms with Crippen LogP contribution in [0.3, 0.4) is 0 Å². The number of amides is 1. The van der Waals surface area contributed by atoms with Gasteiger partial charge in [0, 0.05) is 12.2 Å². The van der Waals surface area contributed by atoms with Crippen LogP contribution in [0.2, 0.25) is 0 Å². The Bertz CT molecular complexity index is 1110. The lowest BCUT2D eigenvalue weighted by atomic mass is 10.2. The highest BCUT2D eigenvalue weighted by Crippen LogP contribution is 2.38. The molecule has 1 aromatic heterocycles. The Labute approximate surface area is 167 Å². The fourth-order valence-corrected chi connectivity index (χ4v) is 3.83. The molecule has 0 spiro atoms. The van der Waals surface area contributed by atoms with Gasteiger partial charge in [-0.15, -0.1) is 0 Å². The molecule has 0 aliphatic carbocycles. The molecule has 1 amide bonds. The molecule has 0 fully saturated rings. The van der Waals surface area contributed by atoms with Crippen molar-refractivity contribution >= 4 is 28.7 Å². The van der Waals surface area contributed by atoms with E-state index < -0.39 is 4.92 Å². The second kappa shape index (κ2) is 7.38. The number of para-hydroxylation sites is 3. The predicted octanol–water partition coefficient (Wildman–Crippen LogP) is 3.74. The topological polar surface area (TPSA) is 93.3 Å². The van der Waals surface area contributed by atoms with Gasteiger partial charge < -0.3 is 10.2 Å². The van der Waals surface area contributed by atoms with Crippen LogP contribution in [0.1, 0.15) is 17.0 Å². The number of hydrogen-bond acceptors (Lipinski definition) is 5. The SMILES string of the molecule is Cc1nn(CC(=O)Nc2ccccc2N2CCc3ccccc32)c(C)c1[N+](=O)[O-]. The van der Waals surface area contributed by atoms with E-state index >= 15 is 0 Å². The maximum atomic E-state index is 12.7. The van der Waals surface area contributed by atoms with Crippen LogP contribution in [0.15, 0.2) is 48.5 Å². The van der Waals surface area contributed by atoms with E-state index in [4.69, 9.17) is 0 Å². The zero-order chi connectivity index (χ0) is 20.5. The van der Waals surface area contributed by atoms with Crippen molar-refractivity contribution in [2.24, 2.45) is 0 Å². The summed E-state index contributed by atoms with van der Waals surface area (Å²) in [6.07, 6.45) is 0.952. The molecule has 4 rings (SSSR count). The van der Waals surface area contributed by atoms with Crippen molar-refractivity contribution in [1.29, 1.82) is 0 Å². The first-order chi connectivity index (χ1) is 14.0. The number of hydrogen-bond donors (Lipinski definition) is 1. The predicted molar refractivity (Wildman–Crippen MR) is 111 cm³/mol. The van der Waals surface area contributed by atoms with Crippen LogP contribution in [0.5, 0.6) is 0 Å². The normalized spacial score (nSPS) is 12.7. The molecule has 148 valence electrons. The fourth-order valence-electron chi connectivity index (χ4n) is 3.83. The molecule has 0 saturated carbocycles. The van der Waals surface area contributed by atoms with E-state index in [9.17, 15) is 14.9 Å². The lowest BCUT2D eigenvalue weighted by molar-refractivity contribution is -0.386. The van der Waals surface area contributed by atoms with Crippen LogP contribution in [-0.2, 0) is 17.8 Å². The van der Waals surface area contributed by atoms with Gasteiger partial charge in [0.2, 0.25) is 5.91 Å². The number of nitrogens with zero attached hydrogens (tertiary/aromatic N) is 4. The minimum Gasteiger partial charge on any atom is -0.339 e.